The molecule has 18 heavy (non-hydrogen) atoms. The van der Waals surface area contributed by atoms with Crippen molar-refractivity contribution in [3.05, 3.63) is 52.2 Å². The summed E-state index contributed by atoms with van der Waals surface area (Å²) in [6.45, 7) is 0.548. The smallest absolute Gasteiger partial charge is 0.278 e. The van der Waals surface area contributed by atoms with E-state index in [0.717, 1.165) is 5.75 Å². The molecule has 4 nitrogen and oxygen atoms in total. The van der Waals surface area contributed by atoms with Gasteiger partial charge in [0.05, 0.1) is 6.33 Å². The van der Waals surface area contributed by atoms with Gasteiger partial charge in [-0.15, -0.1) is 11.8 Å². The van der Waals surface area contributed by atoms with E-state index in [2.05, 4.69) is 4.98 Å². The zero-order chi connectivity index (χ0) is 13.0. The first kappa shape index (κ1) is 13.0. The summed E-state index contributed by atoms with van der Waals surface area (Å²) in [4.78, 5) is 16.8. The first-order valence-electron chi connectivity index (χ1n) is 5.37. The number of nitrogen functional groups attached to an aromatic ring is 1. The Morgan fingerprint density at radius 2 is 2.06 bits per heavy atom. The molecule has 2 rings (SSSR count). The Balaban J connectivity index is 1.99. The molecule has 1 heterocycles. The predicted molar refractivity (Wildman–Crippen MR) is 75.1 cm³/mol. The predicted octanol–water partition coefficient (Wildman–Crippen LogP) is 2.27. The van der Waals surface area contributed by atoms with E-state index in [0.29, 0.717) is 6.54 Å². The third kappa shape index (κ3) is 3.05. The number of rotatable bonds is 4. The van der Waals surface area contributed by atoms with Gasteiger partial charge in [0.15, 0.2) is 5.15 Å². The highest BCUT2D eigenvalue weighted by Crippen LogP contribution is 2.17. The second kappa shape index (κ2) is 5.93. The van der Waals surface area contributed by atoms with E-state index in [1.165, 1.54) is 15.8 Å². The van der Waals surface area contributed by atoms with Crippen molar-refractivity contribution in [3.63, 3.8) is 0 Å². The number of aryl methyl sites for hydroxylation is 1. The van der Waals surface area contributed by atoms with Crippen LogP contribution in [0.3, 0.4) is 0 Å². The van der Waals surface area contributed by atoms with Crippen molar-refractivity contribution in [2.45, 2.75) is 11.4 Å². The van der Waals surface area contributed by atoms with Gasteiger partial charge in [0.25, 0.3) is 5.56 Å². The molecule has 0 aliphatic heterocycles. The molecule has 0 amide bonds. The zero-order valence-electron chi connectivity index (χ0n) is 9.54. The molecule has 0 atom stereocenters. The van der Waals surface area contributed by atoms with Gasteiger partial charge >= 0.3 is 0 Å². The Labute approximate surface area is 114 Å². The Hall–Kier alpha value is -1.46. The minimum absolute atomic E-state index is 0.00359. The molecule has 0 fully saturated rings. The topological polar surface area (TPSA) is 60.9 Å². The number of aromatic nitrogens is 2. The lowest BCUT2D eigenvalue weighted by Gasteiger charge is -2.06. The fourth-order valence-electron chi connectivity index (χ4n) is 1.42. The van der Waals surface area contributed by atoms with Crippen molar-refractivity contribution in [1.29, 1.82) is 0 Å². The maximum absolute atomic E-state index is 11.7. The molecular formula is C12H12ClN3OS. The van der Waals surface area contributed by atoms with E-state index in [-0.39, 0.29) is 16.4 Å². The summed E-state index contributed by atoms with van der Waals surface area (Å²) < 4.78 is 1.47. The minimum Gasteiger partial charge on any atom is -0.392 e. The summed E-state index contributed by atoms with van der Waals surface area (Å²) in [6, 6.07) is 9.99. The third-order valence-electron chi connectivity index (χ3n) is 2.37. The van der Waals surface area contributed by atoms with Crippen molar-refractivity contribution in [1.82, 2.24) is 9.55 Å². The first-order chi connectivity index (χ1) is 8.68. The summed E-state index contributed by atoms with van der Waals surface area (Å²) >= 11 is 7.33. The van der Waals surface area contributed by atoms with Crippen molar-refractivity contribution in [2.24, 2.45) is 0 Å². The average Bonchev–Trinajstić information content (AvgIpc) is 2.40. The van der Waals surface area contributed by atoms with Crippen LogP contribution < -0.4 is 11.3 Å². The molecule has 1 aromatic heterocycles. The highest BCUT2D eigenvalue weighted by atomic mass is 35.5. The van der Waals surface area contributed by atoms with Gasteiger partial charge in [0.2, 0.25) is 0 Å². The van der Waals surface area contributed by atoms with Gasteiger partial charge in [0.1, 0.15) is 5.69 Å². The van der Waals surface area contributed by atoms with Crippen LogP contribution in [-0.4, -0.2) is 15.3 Å². The monoisotopic (exact) mass is 281 g/mol. The fraction of sp³-hybridized carbons (Fsp3) is 0.167. The molecule has 2 aromatic rings. The fourth-order valence-corrected chi connectivity index (χ4v) is 2.42. The third-order valence-corrected chi connectivity index (χ3v) is 3.66. The largest absolute Gasteiger partial charge is 0.392 e. The summed E-state index contributed by atoms with van der Waals surface area (Å²) in [7, 11) is 0. The number of nitrogens with zero attached hydrogens (tertiary/aromatic N) is 2. The number of thioether (sulfide) groups is 1. The van der Waals surface area contributed by atoms with E-state index in [9.17, 15) is 4.79 Å². The van der Waals surface area contributed by atoms with Crippen LogP contribution in [0.25, 0.3) is 0 Å². The summed E-state index contributed by atoms with van der Waals surface area (Å²) in [5.74, 6) is 0.771. The number of halogens is 1. The molecule has 0 spiro atoms. The van der Waals surface area contributed by atoms with Crippen LogP contribution in [0.1, 0.15) is 0 Å². The van der Waals surface area contributed by atoms with Crippen molar-refractivity contribution in [2.75, 3.05) is 11.5 Å². The molecule has 1 aromatic carbocycles. The van der Waals surface area contributed by atoms with Gasteiger partial charge in [-0.1, -0.05) is 29.8 Å². The zero-order valence-corrected chi connectivity index (χ0v) is 11.1. The number of benzene rings is 1. The molecule has 0 saturated heterocycles. The Morgan fingerprint density at radius 3 is 2.78 bits per heavy atom. The number of nitrogens with two attached hydrogens (primary N) is 1. The van der Waals surface area contributed by atoms with Gasteiger partial charge in [-0.2, -0.15) is 0 Å². The van der Waals surface area contributed by atoms with Crippen molar-refractivity contribution in [3.8, 4) is 0 Å². The van der Waals surface area contributed by atoms with E-state index < -0.39 is 0 Å². The van der Waals surface area contributed by atoms with Crippen LogP contribution in [-0.2, 0) is 6.54 Å². The maximum atomic E-state index is 11.7. The van der Waals surface area contributed by atoms with Crippen LogP contribution in [0.15, 0.2) is 46.3 Å². The number of anilines is 1. The number of hydrogen-bond donors (Lipinski definition) is 1. The lowest BCUT2D eigenvalue weighted by atomic mass is 10.4. The molecule has 0 saturated carbocycles. The van der Waals surface area contributed by atoms with Crippen LogP contribution in [0.2, 0.25) is 5.15 Å². The van der Waals surface area contributed by atoms with Crippen LogP contribution in [0.5, 0.6) is 0 Å². The molecule has 0 radical (unpaired) electrons. The molecule has 0 bridgehead atoms. The van der Waals surface area contributed by atoms with E-state index in [1.54, 1.807) is 11.8 Å². The highest BCUT2D eigenvalue weighted by Gasteiger charge is 2.05. The average molecular weight is 282 g/mol. The van der Waals surface area contributed by atoms with Gasteiger partial charge in [-0.25, -0.2) is 4.98 Å². The Kier molecular flexibility index (Phi) is 4.28. The standard InChI is InChI=1S/C12H12ClN3OS/c13-11-10(14)12(17)16(8-15-11)6-7-18-9-4-2-1-3-5-9/h1-5,8H,6-7,14H2. The van der Waals surface area contributed by atoms with Crippen LogP contribution in [0.4, 0.5) is 5.69 Å². The first-order valence-corrected chi connectivity index (χ1v) is 6.73. The molecule has 6 heteroatoms. The van der Waals surface area contributed by atoms with Gasteiger partial charge in [-0.05, 0) is 12.1 Å². The molecular weight excluding hydrogens is 270 g/mol. The molecule has 0 aliphatic rings. The summed E-state index contributed by atoms with van der Waals surface area (Å²) in [5, 5.41) is 0.0620. The SMILES string of the molecule is Nc1c(Cl)ncn(CCSc2ccccc2)c1=O. The molecule has 2 N–H and O–H groups in total. The van der Waals surface area contributed by atoms with Gasteiger partial charge in [-0.3, -0.25) is 9.36 Å². The minimum atomic E-state index is -0.288. The van der Waals surface area contributed by atoms with Crippen molar-refractivity contribution >= 4 is 29.1 Å². The Bertz CT molecular complexity index is 586. The van der Waals surface area contributed by atoms with Crippen LogP contribution >= 0.6 is 23.4 Å². The number of hydrogen-bond acceptors (Lipinski definition) is 4. The lowest BCUT2D eigenvalue weighted by Crippen LogP contribution is -2.24. The molecule has 94 valence electrons. The maximum Gasteiger partial charge on any atom is 0.278 e. The van der Waals surface area contributed by atoms with Crippen molar-refractivity contribution < 1.29 is 0 Å². The normalized spacial score (nSPS) is 10.5. The highest BCUT2D eigenvalue weighted by molar-refractivity contribution is 7.99. The summed E-state index contributed by atoms with van der Waals surface area (Å²) in [5.41, 5.74) is 5.25. The van der Waals surface area contributed by atoms with Crippen LogP contribution in [0, 0.1) is 0 Å². The quantitative estimate of drug-likeness (QED) is 0.690. The summed E-state index contributed by atoms with van der Waals surface area (Å²) in [6.07, 6.45) is 1.42. The molecule has 0 unspecified atom stereocenters. The van der Waals surface area contributed by atoms with E-state index in [4.69, 9.17) is 17.3 Å². The molecule has 0 aliphatic carbocycles. The van der Waals surface area contributed by atoms with Gasteiger partial charge < -0.3 is 5.73 Å². The van der Waals surface area contributed by atoms with Gasteiger partial charge in [0, 0.05) is 17.2 Å². The van der Waals surface area contributed by atoms with E-state index >= 15 is 0 Å². The lowest BCUT2D eigenvalue weighted by molar-refractivity contribution is 0.717. The second-order valence-corrected chi connectivity index (χ2v) is 5.14. The van der Waals surface area contributed by atoms with E-state index in [1.807, 2.05) is 30.3 Å². The second-order valence-electron chi connectivity index (χ2n) is 3.61. The Morgan fingerprint density at radius 1 is 1.33 bits per heavy atom.